The number of hydrogen-bond acceptors (Lipinski definition) is 3. The molecule has 0 aliphatic rings. The van der Waals surface area contributed by atoms with Crippen LogP contribution in [0.4, 0.5) is 13.2 Å². The number of hydrogen-bond donors (Lipinski definition) is 2. The third-order valence-electron chi connectivity index (χ3n) is 2.73. The Hall–Kier alpha value is -0.290. The molecule has 0 saturated carbocycles. The lowest BCUT2D eigenvalue weighted by Crippen LogP contribution is -2.38. The van der Waals surface area contributed by atoms with Gasteiger partial charge in [0.15, 0.2) is 5.96 Å². The van der Waals surface area contributed by atoms with Crippen molar-refractivity contribution in [2.24, 2.45) is 4.99 Å². The van der Waals surface area contributed by atoms with Gasteiger partial charge in [-0.2, -0.15) is 13.2 Å². The van der Waals surface area contributed by atoms with Crippen molar-refractivity contribution in [1.82, 2.24) is 10.6 Å². The Balaban J connectivity index is 0. The number of nitrogens with zero attached hydrogens (tertiary/aromatic N) is 1. The number of rotatable bonds is 13. The van der Waals surface area contributed by atoms with E-state index in [0.29, 0.717) is 25.5 Å². The Bertz CT molecular complexity index is 306. The van der Waals surface area contributed by atoms with Crippen LogP contribution in [0.3, 0.4) is 0 Å². The maximum atomic E-state index is 11.9. The Morgan fingerprint density at radius 3 is 2.25 bits per heavy atom. The van der Waals surface area contributed by atoms with Crippen molar-refractivity contribution in [2.45, 2.75) is 45.7 Å². The Kier molecular flexibility index (Phi) is 19.0. The number of unbranched alkanes of at least 4 members (excludes halogenated alkanes) is 1. The zero-order chi connectivity index (χ0) is 17.4. The fourth-order valence-corrected chi connectivity index (χ4v) is 1.62. The highest BCUT2D eigenvalue weighted by Gasteiger charge is 2.27. The molecule has 0 fully saturated rings. The monoisotopic (exact) mass is 469 g/mol. The van der Waals surface area contributed by atoms with E-state index in [4.69, 9.17) is 4.74 Å². The lowest BCUT2D eigenvalue weighted by atomic mass is 10.4. The van der Waals surface area contributed by atoms with E-state index < -0.39 is 12.8 Å². The quantitative estimate of drug-likeness (QED) is 0.188. The summed E-state index contributed by atoms with van der Waals surface area (Å²) in [6.07, 6.45) is -0.731. The maximum absolute atomic E-state index is 11.9. The molecule has 0 aliphatic heterocycles. The largest absolute Gasteiger partial charge is 0.411 e. The van der Waals surface area contributed by atoms with E-state index in [0.717, 1.165) is 39.0 Å². The van der Waals surface area contributed by atoms with E-state index in [-0.39, 0.29) is 30.6 Å². The average Bonchev–Trinajstić information content (AvgIpc) is 2.48. The van der Waals surface area contributed by atoms with Crippen molar-refractivity contribution in [3.8, 4) is 0 Å². The fourth-order valence-electron chi connectivity index (χ4n) is 1.62. The van der Waals surface area contributed by atoms with Gasteiger partial charge in [0.25, 0.3) is 0 Å². The first-order valence-corrected chi connectivity index (χ1v) is 8.24. The molecule has 146 valence electrons. The number of alkyl halides is 3. The number of guanidine groups is 1. The minimum atomic E-state index is -4.26. The van der Waals surface area contributed by atoms with Gasteiger partial charge in [0.1, 0.15) is 6.61 Å². The average molecular weight is 469 g/mol. The molecular weight excluding hydrogens is 438 g/mol. The lowest BCUT2D eigenvalue weighted by Gasteiger charge is -2.11. The van der Waals surface area contributed by atoms with E-state index in [1.165, 1.54) is 0 Å². The Morgan fingerprint density at radius 1 is 0.958 bits per heavy atom. The molecule has 5 nitrogen and oxygen atoms in total. The predicted octanol–water partition coefficient (Wildman–Crippen LogP) is 3.34. The van der Waals surface area contributed by atoms with Crippen LogP contribution in [0.1, 0.15) is 39.5 Å². The molecule has 0 amide bonds. The number of halogens is 4. The normalized spacial score (nSPS) is 12.0. The van der Waals surface area contributed by atoms with Gasteiger partial charge >= 0.3 is 6.18 Å². The van der Waals surface area contributed by atoms with Crippen LogP contribution >= 0.6 is 24.0 Å². The molecule has 0 saturated heterocycles. The van der Waals surface area contributed by atoms with Gasteiger partial charge < -0.3 is 20.1 Å². The van der Waals surface area contributed by atoms with E-state index in [1.807, 2.05) is 6.92 Å². The van der Waals surface area contributed by atoms with E-state index in [1.54, 1.807) is 0 Å². The van der Waals surface area contributed by atoms with Gasteiger partial charge in [-0.05, 0) is 26.2 Å². The van der Waals surface area contributed by atoms with Crippen LogP contribution in [0, 0.1) is 0 Å². The smallest absolute Gasteiger partial charge is 0.381 e. The number of ether oxygens (including phenoxy) is 2. The molecule has 0 spiro atoms. The highest BCUT2D eigenvalue weighted by Crippen LogP contribution is 2.14. The first-order chi connectivity index (χ1) is 11.0. The maximum Gasteiger partial charge on any atom is 0.411 e. The number of aliphatic imine (C=N–C) groups is 1. The molecule has 0 atom stereocenters. The molecular formula is C15H31F3IN3O2. The van der Waals surface area contributed by atoms with Crippen molar-refractivity contribution in [2.75, 3.05) is 46.1 Å². The molecule has 2 N–H and O–H groups in total. The molecule has 0 rings (SSSR count). The molecule has 0 aromatic heterocycles. The predicted molar refractivity (Wildman–Crippen MR) is 101 cm³/mol. The van der Waals surface area contributed by atoms with Crippen LogP contribution in [0.2, 0.25) is 0 Å². The van der Waals surface area contributed by atoms with Gasteiger partial charge in [0, 0.05) is 39.5 Å². The van der Waals surface area contributed by atoms with Crippen LogP contribution in [0.5, 0.6) is 0 Å². The molecule has 9 heteroatoms. The van der Waals surface area contributed by atoms with Gasteiger partial charge in [-0.15, -0.1) is 24.0 Å². The van der Waals surface area contributed by atoms with Gasteiger partial charge in [0.2, 0.25) is 0 Å². The second-order valence-electron chi connectivity index (χ2n) is 5.03. The standard InChI is InChI=1S/C15H30F3N3O2.HI/c1-3-5-10-22-11-6-8-20-14(19-4-2)21-9-7-12-23-13-15(16,17)18;/h3-13H2,1-2H3,(H2,19,20,21);1H. The minimum absolute atomic E-state index is 0. The third kappa shape index (κ3) is 19.8. The van der Waals surface area contributed by atoms with Crippen molar-refractivity contribution < 1.29 is 22.6 Å². The summed E-state index contributed by atoms with van der Waals surface area (Å²) in [4.78, 5) is 4.29. The summed E-state index contributed by atoms with van der Waals surface area (Å²) >= 11 is 0. The topological polar surface area (TPSA) is 54.9 Å². The molecule has 0 radical (unpaired) electrons. The second-order valence-corrected chi connectivity index (χ2v) is 5.03. The van der Waals surface area contributed by atoms with Gasteiger partial charge in [-0.1, -0.05) is 13.3 Å². The summed E-state index contributed by atoms with van der Waals surface area (Å²) < 4.78 is 45.6. The van der Waals surface area contributed by atoms with E-state index in [9.17, 15) is 13.2 Å². The zero-order valence-electron chi connectivity index (χ0n) is 14.6. The molecule has 0 bridgehead atoms. The first kappa shape index (κ1) is 25.9. The molecule has 0 aromatic carbocycles. The third-order valence-corrected chi connectivity index (χ3v) is 2.73. The zero-order valence-corrected chi connectivity index (χ0v) is 16.9. The molecule has 24 heavy (non-hydrogen) atoms. The molecule has 0 aromatic rings. The number of nitrogens with one attached hydrogen (secondary N) is 2. The summed E-state index contributed by atoms with van der Waals surface area (Å²) in [6, 6.07) is 0. The summed E-state index contributed by atoms with van der Waals surface area (Å²) in [6.45, 7) is 6.31. The summed E-state index contributed by atoms with van der Waals surface area (Å²) in [5.74, 6) is 0.664. The van der Waals surface area contributed by atoms with Gasteiger partial charge in [0.05, 0.1) is 0 Å². The van der Waals surface area contributed by atoms with Crippen LogP contribution in [-0.2, 0) is 9.47 Å². The molecule has 0 heterocycles. The van der Waals surface area contributed by atoms with Crippen LogP contribution in [-0.4, -0.2) is 58.2 Å². The Labute approximate surface area is 160 Å². The minimum Gasteiger partial charge on any atom is -0.381 e. The second kappa shape index (κ2) is 17.5. The highest BCUT2D eigenvalue weighted by atomic mass is 127. The fraction of sp³-hybridized carbons (Fsp3) is 0.933. The summed E-state index contributed by atoms with van der Waals surface area (Å²) in [7, 11) is 0. The molecule has 0 aliphatic carbocycles. The Morgan fingerprint density at radius 2 is 1.62 bits per heavy atom. The van der Waals surface area contributed by atoms with Crippen molar-refractivity contribution in [3.63, 3.8) is 0 Å². The lowest BCUT2D eigenvalue weighted by molar-refractivity contribution is -0.173. The van der Waals surface area contributed by atoms with Crippen molar-refractivity contribution in [1.29, 1.82) is 0 Å². The summed E-state index contributed by atoms with van der Waals surface area (Å²) in [5, 5.41) is 6.25. The van der Waals surface area contributed by atoms with Gasteiger partial charge in [-0.25, -0.2) is 0 Å². The summed E-state index contributed by atoms with van der Waals surface area (Å²) in [5.41, 5.74) is 0. The van der Waals surface area contributed by atoms with Crippen LogP contribution < -0.4 is 10.6 Å². The van der Waals surface area contributed by atoms with Gasteiger partial charge in [-0.3, -0.25) is 4.99 Å². The van der Waals surface area contributed by atoms with Crippen molar-refractivity contribution in [3.05, 3.63) is 0 Å². The van der Waals surface area contributed by atoms with Crippen molar-refractivity contribution >= 4 is 29.9 Å². The van der Waals surface area contributed by atoms with Crippen LogP contribution in [0.15, 0.2) is 4.99 Å². The SMILES string of the molecule is CCCCOCCCNC(=NCCCOCC(F)(F)F)NCC.I. The molecule has 0 unspecified atom stereocenters. The van der Waals surface area contributed by atoms with Crippen LogP contribution in [0.25, 0.3) is 0 Å². The van der Waals surface area contributed by atoms with E-state index in [2.05, 4.69) is 27.3 Å². The highest BCUT2D eigenvalue weighted by molar-refractivity contribution is 14.0. The first-order valence-electron chi connectivity index (χ1n) is 8.24. The van der Waals surface area contributed by atoms with E-state index >= 15 is 0 Å².